The third kappa shape index (κ3) is 1.97. The number of nitrogens with one attached hydrogen (secondary N) is 1. The van der Waals surface area contributed by atoms with E-state index in [2.05, 4.69) is 4.98 Å². The Kier molecular flexibility index (Phi) is 2.99. The maximum Gasteiger partial charge on any atom is 0.263 e. The molecule has 2 heterocycles. The van der Waals surface area contributed by atoms with Crippen LogP contribution in [0.5, 0.6) is 0 Å². The predicted molar refractivity (Wildman–Crippen MR) is 89.7 cm³/mol. The van der Waals surface area contributed by atoms with Gasteiger partial charge in [0, 0.05) is 29.4 Å². The van der Waals surface area contributed by atoms with E-state index < -0.39 is 0 Å². The summed E-state index contributed by atoms with van der Waals surface area (Å²) in [5.41, 5.74) is 2.73. The van der Waals surface area contributed by atoms with Crippen LogP contribution < -0.4 is 0 Å². The highest BCUT2D eigenvalue weighted by Crippen LogP contribution is 2.33. The van der Waals surface area contributed by atoms with Gasteiger partial charge in [0.1, 0.15) is 0 Å². The molecule has 2 amide bonds. The summed E-state index contributed by atoms with van der Waals surface area (Å²) < 4.78 is 0. The highest BCUT2D eigenvalue weighted by Gasteiger charge is 2.37. The van der Waals surface area contributed by atoms with E-state index in [0.717, 1.165) is 21.8 Å². The number of nitrogens with zero attached hydrogens (tertiary/aromatic N) is 2. The first-order valence-corrected chi connectivity index (χ1v) is 7.62. The van der Waals surface area contributed by atoms with Gasteiger partial charge in [-0.1, -0.05) is 24.3 Å². The number of H-pyrrole nitrogens is 1. The van der Waals surface area contributed by atoms with E-state index in [1.165, 1.54) is 4.90 Å². The number of hydrogen-bond acceptors (Lipinski definition) is 3. The summed E-state index contributed by atoms with van der Waals surface area (Å²) in [5.74, 6) is -0.406. The van der Waals surface area contributed by atoms with E-state index in [0.29, 0.717) is 24.2 Å². The van der Waals surface area contributed by atoms with Crippen LogP contribution in [0.4, 0.5) is 0 Å². The SMILES string of the molecule is CN(C)CCN1C(=O)c2ccc3c([nH]c4ccccc43)c2C1=O. The van der Waals surface area contributed by atoms with Gasteiger partial charge in [0.15, 0.2) is 0 Å². The molecule has 1 N–H and O–H groups in total. The Morgan fingerprint density at radius 2 is 1.78 bits per heavy atom. The van der Waals surface area contributed by atoms with Gasteiger partial charge in [-0.25, -0.2) is 0 Å². The summed E-state index contributed by atoms with van der Waals surface area (Å²) in [6.45, 7) is 1.06. The van der Waals surface area contributed by atoms with Crippen molar-refractivity contribution in [3.8, 4) is 0 Å². The van der Waals surface area contributed by atoms with E-state index >= 15 is 0 Å². The lowest BCUT2D eigenvalue weighted by molar-refractivity contribution is 0.0645. The van der Waals surface area contributed by atoms with E-state index in [9.17, 15) is 9.59 Å². The van der Waals surface area contributed by atoms with Crippen molar-refractivity contribution >= 4 is 33.6 Å². The van der Waals surface area contributed by atoms with Gasteiger partial charge in [0.25, 0.3) is 11.8 Å². The summed E-state index contributed by atoms with van der Waals surface area (Å²) in [6.07, 6.45) is 0. The molecule has 4 rings (SSSR count). The number of para-hydroxylation sites is 1. The molecule has 0 aliphatic carbocycles. The number of imide groups is 1. The van der Waals surface area contributed by atoms with Gasteiger partial charge in [0.2, 0.25) is 0 Å². The molecule has 2 aromatic carbocycles. The van der Waals surface area contributed by atoms with Crippen LogP contribution >= 0.6 is 0 Å². The standard InChI is InChI=1S/C18H17N3O2/c1-20(2)9-10-21-17(22)13-8-7-12-11-5-3-4-6-14(11)19-16(12)15(13)18(21)23/h3-8,19H,9-10H2,1-2H3. The third-order valence-electron chi connectivity index (χ3n) is 4.39. The van der Waals surface area contributed by atoms with Crippen molar-refractivity contribution in [2.24, 2.45) is 0 Å². The van der Waals surface area contributed by atoms with Gasteiger partial charge in [-0.3, -0.25) is 14.5 Å². The van der Waals surface area contributed by atoms with Gasteiger partial charge in [-0.2, -0.15) is 0 Å². The number of carbonyl (C=O) groups is 2. The third-order valence-corrected chi connectivity index (χ3v) is 4.39. The summed E-state index contributed by atoms with van der Waals surface area (Å²) in [4.78, 5) is 31.9. The Hall–Kier alpha value is -2.66. The minimum Gasteiger partial charge on any atom is -0.354 e. The number of benzene rings is 2. The topological polar surface area (TPSA) is 56.4 Å². The minimum absolute atomic E-state index is 0.201. The zero-order chi connectivity index (χ0) is 16.1. The molecule has 1 aromatic heterocycles. The molecule has 1 aliphatic rings. The Bertz CT molecular complexity index is 955. The van der Waals surface area contributed by atoms with Gasteiger partial charge >= 0.3 is 0 Å². The number of rotatable bonds is 3. The highest BCUT2D eigenvalue weighted by atomic mass is 16.2. The molecule has 116 valence electrons. The van der Waals surface area contributed by atoms with Crippen LogP contribution in [-0.2, 0) is 0 Å². The minimum atomic E-state index is -0.205. The van der Waals surface area contributed by atoms with Crippen LogP contribution in [0.3, 0.4) is 0 Å². The van der Waals surface area contributed by atoms with Crippen LogP contribution in [0.2, 0.25) is 0 Å². The first-order valence-electron chi connectivity index (χ1n) is 7.62. The normalized spacial score (nSPS) is 14.5. The second-order valence-corrected chi connectivity index (χ2v) is 6.15. The fourth-order valence-electron chi connectivity index (χ4n) is 3.19. The molecular weight excluding hydrogens is 290 g/mol. The van der Waals surface area contributed by atoms with Gasteiger partial charge in [0.05, 0.1) is 16.6 Å². The first-order chi connectivity index (χ1) is 11.1. The molecule has 0 bridgehead atoms. The molecule has 0 saturated heterocycles. The first kappa shape index (κ1) is 14.0. The molecule has 1 aliphatic heterocycles. The zero-order valence-electron chi connectivity index (χ0n) is 13.1. The second kappa shape index (κ2) is 4.93. The number of carbonyl (C=O) groups excluding carboxylic acids is 2. The molecule has 0 spiro atoms. The molecule has 0 radical (unpaired) electrons. The molecule has 0 saturated carbocycles. The van der Waals surface area contributed by atoms with Crippen molar-refractivity contribution < 1.29 is 9.59 Å². The van der Waals surface area contributed by atoms with E-state index in [1.54, 1.807) is 6.07 Å². The van der Waals surface area contributed by atoms with Crippen molar-refractivity contribution in [2.45, 2.75) is 0 Å². The van der Waals surface area contributed by atoms with E-state index in [1.807, 2.05) is 49.3 Å². The number of aromatic amines is 1. The molecule has 0 fully saturated rings. The lowest BCUT2D eigenvalue weighted by Crippen LogP contribution is -2.35. The summed E-state index contributed by atoms with van der Waals surface area (Å²) in [7, 11) is 3.85. The van der Waals surface area contributed by atoms with Crippen LogP contribution in [0.15, 0.2) is 36.4 Å². The Morgan fingerprint density at radius 1 is 1.00 bits per heavy atom. The van der Waals surface area contributed by atoms with Gasteiger partial charge in [-0.05, 0) is 26.2 Å². The Balaban J connectivity index is 1.88. The number of hydrogen-bond donors (Lipinski definition) is 1. The average molecular weight is 307 g/mol. The maximum atomic E-state index is 12.8. The van der Waals surface area contributed by atoms with Crippen molar-refractivity contribution in [1.29, 1.82) is 0 Å². The highest BCUT2D eigenvalue weighted by molar-refractivity contribution is 6.28. The summed E-state index contributed by atoms with van der Waals surface area (Å²) in [5, 5.41) is 2.05. The van der Waals surface area contributed by atoms with Crippen LogP contribution in [0.25, 0.3) is 21.8 Å². The molecular formula is C18H17N3O2. The maximum absolute atomic E-state index is 12.8. The van der Waals surface area contributed by atoms with E-state index in [-0.39, 0.29) is 11.8 Å². The van der Waals surface area contributed by atoms with E-state index in [4.69, 9.17) is 0 Å². The van der Waals surface area contributed by atoms with Gasteiger partial charge in [-0.15, -0.1) is 0 Å². The molecule has 5 nitrogen and oxygen atoms in total. The Morgan fingerprint density at radius 3 is 2.57 bits per heavy atom. The quantitative estimate of drug-likeness (QED) is 0.756. The molecule has 0 atom stereocenters. The smallest absolute Gasteiger partial charge is 0.263 e. The average Bonchev–Trinajstić information content (AvgIpc) is 3.02. The lowest BCUT2D eigenvalue weighted by atomic mass is 10.0. The summed E-state index contributed by atoms with van der Waals surface area (Å²) >= 11 is 0. The number of fused-ring (bicyclic) bond motifs is 5. The van der Waals surface area contributed by atoms with Crippen molar-refractivity contribution in [3.63, 3.8) is 0 Å². The molecule has 3 aromatic rings. The molecule has 0 unspecified atom stereocenters. The fraction of sp³-hybridized carbons (Fsp3) is 0.222. The van der Waals surface area contributed by atoms with Crippen LogP contribution in [-0.4, -0.2) is 53.8 Å². The van der Waals surface area contributed by atoms with Crippen molar-refractivity contribution in [1.82, 2.24) is 14.8 Å². The molecule has 23 heavy (non-hydrogen) atoms. The molecule has 5 heteroatoms. The second-order valence-electron chi connectivity index (χ2n) is 6.15. The zero-order valence-corrected chi connectivity index (χ0v) is 13.1. The largest absolute Gasteiger partial charge is 0.354 e. The van der Waals surface area contributed by atoms with Crippen LogP contribution in [0, 0.1) is 0 Å². The predicted octanol–water partition coefficient (Wildman–Crippen LogP) is 2.48. The monoisotopic (exact) mass is 307 g/mol. The number of likely N-dealkylation sites (N-methyl/N-ethyl adjacent to an activating group) is 1. The lowest BCUT2D eigenvalue weighted by Gasteiger charge is -2.16. The fourth-order valence-corrected chi connectivity index (χ4v) is 3.19. The van der Waals surface area contributed by atoms with Crippen molar-refractivity contribution in [2.75, 3.05) is 27.2 Å². The number of amides is 2. The Labute approximate surface area is 133 Å². The number of aromatic nitrogens is 1. The van der Waals surface area contributed by atoms with Crippen molar-refractivity contribution in [3.05, 3.63) is 47.5 Å². The van der Waals surface area contributed by atoms with Crippen LogP contribution in [0.1, 0.15) is 20.7 Å². The van der Waals surface area contributed by atoms with Gasteiger partial charge < -0.3 is 9.88 Å². The summed E-state index contributed by atoms with van der Waals surface area (Å²) in [6, 6.07) is 11.6.